The Morgan fingerprint density at radius 2 is 2.00 bits per heavy atom. The molecule has 1 aliphatic rings. The van der Waals surface area contributed by atoms with Crippen LogP contribution in [0.25, 0.3) is 0 Å². The zero-order valence-electron chi connectivity index (χ0n) is 11.2. The summed E-state index contributed by atoms with van der Waals surface area (Å²) in [5.41, 5.74) is 0. The number of likely N-dealkylation sites (tertiary alicyclic amines) is 1. The first kappa shape index (κ1) is 12.7. The van der Waals surface area contributed by atoms with Crippen molar-refractivity contribution in [3.05, 3.63) is 23.7 Å². The minimum absolute atomic E-state index is 0.293. The summed E-state index contributed by atoms with van der Waals surface area (Å²) in [6.07, 6.45) is 2.72. The number of nitrogens with one attached hydrogen (secondary N) is 1. The Morgan fingerprint density at radius 1 is 1.29 bits per heavy atom. The van der Waals surface area contributed by atoms with Crippen molar-refractivity contribution in [1.29, 1.82) is 0 Å². The molecule has 17 heavy (non-hydrogen) atoms. The van der Waals surface area contributed by atoms with Gasteiger partial charge in [0.2, 0.25) is 0 Å². The molecular weight excluding hydrogens is 212 g/mol. The normalized spacial score (nSPS) is 20.6. The van der Waals surface area contributed by atoms with Gasteiger partial charge in [-0.05, 0) is 58.8 Å². The van der Waals surface area contributed by atoms with Gasteiger partial charge in [0, 0.05) is 12.6 Å². The highest BCUT2D eigenvalue weighted by atomic mass is 16.3. The Hall–Kier alpha value is -0.800. The molecule has 0 radical (unpaired) electrons. The van der Waals surface area contributed by atoms with Crippen LogP contribution in [0.5, 0.6) is 0 Å². The second kappa shape index (κ2) is 5.69. The fraction of sp³-hybridized carbons (Fsp3) is 0.714. The van der Waals surface area contributed by atoms with Crippen molar-refractivity contribution in [3.8, 4) is 0 Å². The minimum atomic E-state index is 0.293. The average Bonchev–Trinajstić information content (AvgIpc) is 2.89. The van der Waals surface area contributed by atoms with Crippen molar-refractivity contribution >= 4 is 0 Å². The van der Waals surface area contributed by atoms with Gasteiger partial charge in [0.1, 0.15) is 11.5 Å². The number of hydrogen-bond acceptors (Lipinski definition) is 3. The summed E-state index contributed by atoms with van der Waals surface area (Å²) in [6, 6.07) is 4.89. The lowest BCUT2D eigenvalue weighted by Crippen LogP contribution is -2.39. The molecule has 1 fully saturated rings. The van der Waals surface area contributed by atoms with Crippen molar-refractivity contribution in [1.82, 2.24) is 10.2 Å². The number of rotatable bonds is 5. The minimum Gasteiger partial charge on any atom is -0.465 e. The zero-order chi connectivity index (χ0) is 12.3. The summed E-state index contributed by atoms with van der Waals surface area (Å²) in [7, 11) is 0. The zero-order valence-corrected chi connectivity index (χ0v) is 11.2. The molecule has 1 aromatic heterocycles. The molecule has 0 bridgehead atoms. The van der Waals surface area contributed by atoms with Crippen LogP contribution in [0.2, 0.25) is 0 Å². The molecule has 1 saturated heterocycles. The van der Waals surface area contributed by atoms with Crippen molar-refractivity contribution in [3.63, 3.8) is 0 Å². The van der Waals surface area contributed by atoms with Gasteiger partial charge in [-0.1, -0.05) is 0 Å². The standard InChI is InChI=1S/C14H24N2O/c1-11(10-16-8-4-5-9-16)15-13(3)14-7-6-12(2)17-14/h6-7,11,13,15H,4-5,8-10H2,1-3H3. The molecule has 96 valence electrons. The Balaban J connectivity index is 1.79. The molecule has 2 atom stereocenters. The van der Waals surface area contributed by atoms with Crippen LogP contribution in [0.3, 0.4) is 0 Å². The van der Waals surface area contributed by atoms with Crippen LogP contribution in [0, 0.1) is 6.92 Å². The third-order valence-corrected chi connectivity index (χ3v) is 3.45. The van der Waals surface area contributed by atoms with Gasteiger partial charge in [0.05, 0.1) is 6.04 Å². The van der Waals surface area contributed by atoms with Gasteiger partial charge >= 0.3 is 0 Å². The Morgan fingerprint density at radius 3 is 2.59 bits per heavy atom. The van der Waals surface area contributed by atoms with E-state index < -0.39 is 0 Å². The fourth-order valence-electron chi connectivity index (χ4n) is 2.60. The highest BCUT2D eigenvalue weighted by molar-refractivity contribution is 5.09. The van der Waals surface area contributed by atoms with Crippen LogP contribution in [0.15, 0.2) is 16.5 Å². The Kier molecular flexibility index (Phi) is 4.24. The molecule has 3 nitrogen and oxygen atoms in total. The van der Waals surface area contributed by atoms with E-state index in [1.807, 2.05) is 13.0 Å². The molecule has 0 amide bonds. The molecule has 0 aromatic carbocycles. The highest BCUT2D eigenvalue weighted by Crippen LogP contribution is 2.16. The van der Waals surface area contributed by atoms with E-state index >= 15 is 0 Å². The third-order valence-electron chi connectivity index (χ3n) is 3.45. The monoisotopic (exact) mass is 236 g/mol. The first-order valence-electron chi connectivity index (χ1n) is 6.70. The summed E-state index contributed by atoms with van der Waals surface area (Å²) < 4.78 is 5.64. The van der Waals surface area contributed by atoms with E-state index in [2.05, 4.69) is 30.1 Å². The second-order valence-corrected chi connectivity index (χ2v) is 5.25. The summed E-state index contributed by atoms with van der Waals surface area (Å²) >= 11 is 0. The summed E-state index contributed by atoms with van der Waals surface area (Å²) in [5, 5.41) is 3.60. The topological polar surface area (TPSA) is 28.4 Å². The quantitative estimate of drug-likeness (QED) is 0.852. The molecule has 2 rings (SSSR count). The molecule has 0 saturated carbocycles. The number of hydrogen-bond donors (Lipinski definition) is 1. The van der Waals surface area contributed by atoms with Gasteiger partial charge in [-0.25, -0.2) is 0 Å². The maximum atomic E-state index is 5.64. The molecule has 2 heterocycles. The molecule has 0 spiro atoms. The SMILES string of the molecule is Cc1ccc(C(C)NC(C)CN2CCCC2)o1. The molecule has 0 aliphatic carbocycles. The first-order valence-corrected chi connectivity index (χ1v) is 6.70. The Bertz CT molecular complexity index is 342. The van der Waals surface area contributed by atoms with Crippen molar-refractivity contribution in [2.24, 2.45) is 0 Å². The van der Waals surface area contributed by atoms with E-state index in [1.54, 1.807) is 0 Å². The molecule has 1 N–H and O–H groups in total. The van der Waals surface area contributed by atoms with Crippen LogP contribution in [-0.2, 0) is 0 Å². The van der Waals surface area contributed by atoms with E-state index in [9.17, 15) is 0 Å². The summed E-state index contributed by atoms with van der Waals surface area (Å²) in [5.74, 6) is 2.02. The first-order chi connectivity index (χ1) is 8.15. The highest BCUT2D eigenvalue weighted by Gasteiger charge is 2.17. The molecular formula is C14H24N2O. The van der Waals surface area contributed by atoms with Crippen LogP contribution >= 0.6 is 0 Å². The van der Waals surface area contributed by atoms with Crippen molar-refractivity contribution in [2.75, 3.05) is 19.6 Å². The van der Waals surface area contributed by atoms with Gasteiger partial charge < -0.3 is 14.6 Å². The predicted octanol–water partition coefficient (Wildman–Crippen LogP) is 2.72. The summed E-state index contributed by atoms with van der Waals surface area (Å²) in [6.45, 7) is 10.1. The van der Waals surface area contributed by atoms with Gasteiger partial charge in [-0.15, -0.1) is 0 Å². The smallest absolute Gasteiger partial charge is 0.120 e. The number of aryl methyl sites for hydroxylation is 1. The van der Waals surface area contributed by atoms with E-state index in [0.717, 1.165) is 18.1 Å². The van der Waals surface area contributed by atoms with Crippen LogP contribution in [0.1, 0.15) is 44.3 Å². The van der Waals surface area contributed by atoms with E-state index in [1.165, 1.54) is 25.9 Å². The predicted molar refractivity (Wildman–Crippen MR) is 70.1 cm³/mol. The fourth-order valence-corrected chi connectivity index (χ4v) is 2.60. The van der Waals surface area contributed by atoms with E-state index in [0.29, 0.717) is 12.1 Å². The molecule has 2 unspecified atom stereocenters. The molecule has 1 aromatic rings. The van der Waals surface area contributed by atoms with Gasteiger partial charge in [0.15, 0.2) is 0 Å². The second-order valence-electron chi connectivity index (χ2n) is 5.25. The molecule has 3 heteroatoms. The maximum absolute atomic E-state index is 5.64. The lowest BCUT2D eigenvalue weighted by molar-refractivity contribution is 0.281. The van der Waals surface area contributed by atoms with Crippen LogP contribution < -0.4 is 5.32 Å². The van der Waals surface area contributed by atoms with Crippen LogP contribution in [0.4, 0.5) is 0 Å². The molecule has 1 aliphatic heterocycles. The van der Waals surface area contributed by atoms with Crippen molar-refractivity contribution < 1.29 is 4.42 Å². The third kappa shape index (κ3) is 3.58. The number of furan rings is 1. The largest absolute Gasteiger partial charge is 0.465 e. The van der Waals surface area contributed by atoms with Gasteiger partial charge in [-0.3, -0.25) is 0 Å². The lowest BCUT2D eigenvalue weighted by Gasteiger charge is -2.23. The van der Waals surface area contributed by atoms with Gasteiger partial charge in [0.25, 0.3) is 0 Å². The van der Waals surface area contributed by atoms with Crippen LogP contribution in [-0.4, -0.2) is 30.6 Å². The maximum Gasteiger partial charge on any atom is 0.120 e. The average molecular weight is 236 g/mol. The Labute approximate surface area is 104 Å². The van der Waals surface area contributed by atoms with E-state index in [4.69, 9.17) is 4.42 Å². The number of nitrogens with zero attached hydrogens (tertiary/aromatic N) is 1. The van der Waals surface area contributed by atoms with Crippen molar-refractivity contribution in [2.45, 2.75) is 45.7 Å². The summed E-state index contributed by atoms with van der Waals surface area (Å²) in [4.78, 5) is 2.54. The van der Waals surface area contributed by atoms with Gasteiger partial charge in [-0.2, -0.15) is 0 Å². The van der Waals surface area contributed by atoms with E-state index in [-0.39, 0.29) is 0 Å². The lowest BCUT2D eigenvalue weighted by atomic mass is 10.2.